The summed E-state index contributed by atoms with van der Waals surface area (Å²) < 4.78 is 10.5. The third-order valence-corrected chi connectivity index (χ3v) is 4.77. The van der Waals surface area contributed by atoms with E-state index in [1.54, 1.807) is 25.3 Å². The molecule has 150 valence electrons. The molecule has 0 bridgehead atoms. The van der Waals surface area contributed by atoms with Gasteiger partial charge in [-0.05, 0) is 37.6 Å². The van der Waals surface area contributed by atoms with Crippen molar-refractivity contribution in [1.29, 1.82) is 0 Å². The van der Waals surface area contributed by atoms with E-state index < -0.39 is 6.04 Å². The normalized spacial score (nSPS) is 16.1. The lowest BCUT2D eigenvalue weighted by molar-refractivity contribution is -0.135. The van der Waals surface area contributed by atoms with E-state index in [0.717, 1.165) is 13.1 Å². The lowest BCUT2D eigenvalue weighted by Crippen LogP contribution is -2.54. The van der Waals surface area contributed by atoms with Crippen LogP contribution in [0.15, 0.2) is 18.2 Å². The molecule has 0 unspecified atom stereocenters. The summed E-state index contributed by atoms with van der Waals surface area (Å²) in [6, 6.07) is 4.45. The molecule has 0 aliphatic carbocycles. The number of methoxy groups -OCH3 is 2. The maximum absolute atomic E-state index is 13.0. The Labute approximate surface area is 161 Å². The van der Waals surface area contributed by atoms with Gasteiger partial charge in [0, 0.05) is 31.7 Å². The highest BCUT2D eigenvalue weighted by Crippen LogP contribution is 2.27. The van der Waals surface area contributed by atoms with Crippen molar-refractivity contribution in [2.45, 2.75) is 26.3 Å². The second-order valence-electron chi connectivity index (χ2n) is 7.35. The third kappa shape index (κ3) is 5.60. The van der Waals surface area contributed by atoms with E-state index in [9.17, 15) is 9.59 Å². The average Bonchev–Trinajstić information content (AvgIpc) is 2.66. The van der Waals surface area contributed by atoms with Gasteiger partial charge in [0.05, 0.1) is 14.2 Å². The van der Waals surface area contributed by atoms with Gasteiger partial charge in [0.25, 0.3) is 5.91 Å². The summed E-state index contributed by atoms with van der Waals surface area (Å²) in [6.07, 6.45) is 0.601. The minimum Gasteiger partial charge on any atom is -0.493 e. The zero-order valence-electron chi connectivity index (χ0n) is 16.9. The summed E-state index contributed by atoms with van der Waals surface area (Å²) in [4.78, 5) is 29.8. The molecule has 1 aromatic carbocycles. The first kappa shape index (κ1) is 21.0. The molecular formula is C20H31N3O4. The predicted octanol–water partition coefficient (Wildman–Crippen LogP) is 1.62. The Kier molecular flexibility index (Phi) is 7.47. The number of hydrogen-bond acceptors (Lipinski definition) is 5. The van der Waals surface area contributed by atoms with Crippen molar-refractivity contribution in [3.05, 3.63) is 23.8 Å². The standard InChI is InChI=1S/C20H31N3O4/c1-14(2)12-16(20(25)23-10-8-22(3)9-11-23)21-19(24)15-6-7-17(26-4)18(13-15)27-5/h6-7,13-14,16H,8-12H2,1-5H3,(H,21,24)/t16-/m1/s1. The van der Waals surface area contributed by atoms with E-state index in [4.69, 9.17) is 9.47 Å². The number of piperazine rings is 1. The van der Waals surface area contributed by atoms with Crippen LogP contribution >= 0.6 is 0 Å². The largest absolute Gasteiger partial charge is 0.493 e. The molecular weight excluding hydrogens is 346 g/mol. The van der Waals surface area contributed by atoms with E-state index in [1.165, 1.54) is 7.11 Å². The van der Waals surface area contributed by atoms with Crippen LogP contribution in [0.2, 0.25) is 0 Å². The number of rotatable bonds is 7. The molecule has 1 fully saturated rings. The van der Waals surface area contributed by atoms with E-state index in [2.05, 4.69) is 10.2 Å². The summed E-state index contributed by atoms with van der Waals surface area (Å²) in [5, 5.41) is 2.92. The zero-order chi connectivity index (χ0) is 20.0. The molecule has 7 heteroatoms. The van der Waals surface area contributed by atoms with Crippen LogP contribution in [-0.4, -0.2) is 75.1 Å². The monoisotopic (exact) mass is 377 g/mol. The van der Waals surface area contributed by atoms with Crippen molar-refractivity contribution in [2.24, 2.45) is 5.92 Å². The summed E-state index contributed by atoms with van der Waals surface area (Å²) in [5.41, 5.74) is 0.438. The number of likely N-dealkylation sites (N-methyl/N-ethyl adjacent to an activating group) is 1. The first-order valence-corrected chi connectivity index (χ1v) is 9.36. The van der Waals surface area contributed by atoms with Crippen LogP contribution in [0.5, 0.6) is 11.5 Å². The molecule has 1 aliphatic rings. The van der Waals surface area contributed by atoms with Gasteiger partial charge >= 0.3 is 0 Å². The first-order chi connectivity index (χ1) is 12.8. The molecule has 0 radical (unpaired) electrons. The van der Waals surface area contributed by atoms with Crippen LogP contribution in [0.3, 0.4) is 0 Å². The molecule has 1 saturated heterocycles. The van der Waals surface area contributed by atoms with Gasteiger partial charge in [-0.2, -0.15) is 0 Å². The Morgan fingerprint density at radius 2 is 1.70 bits per heavy atom. The molecule has 7 nitrogen and oxygen atoms in total. The fourth-order valence-electron chi connectivity index (χ4n) is 3.16. The van der Waals surface area contributed by atoms with Crippen molar-refractivity contribution in [3.8, 4) is 11.5 Å². The van der Waals surface area contributed by atoms with Crippen molar-refractivity contribution in [3.63, 3.8) is 0 Å². The smallest absolute Gasteiger partial charge is 0.252 e. The predicted molar refractivity (Wildman–Crippen MR) is 104 cm³/mol. The Balaban J connectivity index is 2.13. The van der Waals surface area contributed by atoms with Crippen LogP contribution in [0, 0.1) is 5.92 Å². The van der Waals surface area contributed by atoms with Crippen molar-refractivity contribution in [2.75, 3.05) is 47.4 Å². The van der Waals surface area contributed by atoms with Crippen LogP contribution in [0.4, 0.5) is 0 Å². The third-order valence-electron chi connectivity index (χ3n) is 4.77. The van der Waals surface area contributed by atoms with Crippen molar-refractivity contribution < 1.29 is 19.1 Å². The summed E-state index contributed by atoms with van der Waals surface area (Å²) >= 11 is 0. The average molecular weight is 377 g/mol. The summed E-state index contributed by atoms with van der Waals surface area (Å²) in [5.74, 6) is 1.03. The van der Waals surface area contributed by atoms with Crippen molar-refractivity contribution in [1.82, 2.24) is 15.1 Å². The highest BCUT2D eigenvalue weighted by Gasteiger charge is 2.29. The number of amides is 2. The molecule has 1 heterocycles. The molecule has 0 spiro atoms. The number of benzene rings is 1. The number of nitrogens with zero attached hydrogens (tertiary/aromatic N) is 2. The van der Waals surface area contributed by atoms with E-state index in [0.29, 0.717) is 36.6 Å². The summed E-state index contributed by atoms with van der Waals surface area (Å²) in [7, 11) is 5.12. The van der Waals surface area contributed by atoms with Crippen molar-refractivity contribution >= 4 is 11.8 Å². The number of hydrogen-bond donors (Lipinski definition) is 1. The highest BCUT2D eigenvalue weighted by atomic mass is 16.5. The molecule has 2 amide bonds. The Morgan fingerprint density at radius 1 is 1.07 bits per heavy atom. The van der Waals surface area contributed by atoms with E-state index in [1.807, 2.05) is 25.8 Å². The molecule has 2 rings (SSSR count). The molecule has 0 aromatic heterocycles. The second kappa shape index (κ2) is 9.60. The van der Waals surface area contributed by atoms with Crippen LogP contribution in [-0.2, 0) is 4.79 Å². The lowest BCUT2D eigenvalue weighted by Gasteiger charge is -2.35. The van der Waals surface area contributed by atoms with Gasteiger partial charge in [0.15, 0.2) is 11.5 Å². The van der Waals surface area contributed by atoms with Gasteiger partial charge < -0.3 is 24.6 Å². The van der Waals surface area contributed by atoms with Crippen LogP contribution < -0.4 is 14.8 Å². The maximum atomic E-state index is 13.0. The number of ether oxygens (including phenoxy) is 2. The number of nitrogens with one attached hydrogen (secondary N) is 1. The first-order valence-electron chi connectivity index (χ1n) is 9.36. The van der Waals surface area contributed by atoms with Gasteiger partial charge in [0.1, 0.15) is 6.04 Å². The number of carbonyl (C=O) groups is 2. The SMILES string of the molecule is COc1ccc(C(=O)N[C@H](CC(C)C)C(=O)N2CCN(C)CC2)cc1OC. The summed E-state index contributed by atoms with van der Waals surface area (Å²) in [6.45, 7) is 7.18. The zero-order valence-corrected chi connectivity index (χ0v) is 16.9. The molecule has 1 N–H and O–H groups in total. The molecule has 1 aliphatic heterocycles. The fraction of sp³-hybridized carbons (Fsp3) is 0.600. The minimum absolute atomic E-state index is 0.00868. The van der Waals surface area contributed by atoms with Crippen LogP contribution in [0.1, 0.15) is 30.6 Å². The molecule has 1 aromatic rings. The Morgan fingerprint density at radius 3 is 2.26 bits per heavy atom. The molecule has 1 atom stereocenters. The van der Waals surface area contributed by atoms with Crippen LogP contribution in [0.25, 0.3) is 0 Å². The van der Waals surface area contributed by atoms with Gasteiger partial charge in [-0.25, -0.2) is 0 Å². The van der Waals surface area contributed by atoms with Gasteiger partial charge in [0.2, 0.25) is 5.91 Å². The maximum Gasteiger partial charge on any atom is 0.252 e. The van der Waals surface area contributed by atoms with E-state index >= 15 is 0 Å². The van der Waals surface area contributed by atoms with E-state index in [-0.39, 0.29) is 17.7 Å². The molecule has 27 heavy (non-hydrogen) atoms. The minimum atomic E-state index is -0.533. The Bertz CT molecular complexity index is 655. The van der Waals surface area contributed by atoms with Gasteiger partial charge in [-0.15, -0.1) is 0 Å². The second-order valence-corrected chi connectivity index (χ2v) is 7.35. The van der Waals surface area contributed by atoms with Gasteiger partial charge in [-0.1, -0.05) is 13.8 Å². The fourth-order valence-corrected chi connectivity index (χ4v) is 3.16. The quantitative estimate of drug-likeness (QED) is 0.782. The number of carbonyl (C=O) groups excluding carboxylic acids is 2. The Hall–Kier alpha value is -2.28. The topological polar surface area (TPSA) is 71.1 Å². The molecule has 0 saturated carbocycles. The van der Waals surface area contributed by atoms with Gasteiger partial charge in [-0.3, -0.25) is 9.59 Å². The lowest BCUT2D eigenvalue weighted by atomic mass is 10.0. The highest BCUT2D eigenvalue weighted by molar-refractivity contribution is 5.98.